The van der Waals surface area contributed by atoms with E-state index < -0.39 is 24.0 Å². The first-order valence-electron chi connectivity index (χ1n) is 9.64. The van der Waals surface area contributed by atoms with Crippen molar-refractivity contribution in [3.05, 3.63) is 46.6 Å². The third-order valence-electron chi connectivity index (χ3n) is 5.93. The number of rotatable bonds is 7. The molecule has 5 nitrogen and oxygen atoms in total. The monoisotopic (exact) mass is 419 g/mol. The third-order valence-corrected chi connectivity index (χ3v) is 6.88. The number of nitriles is 1. The number of hydrogen-bond acceptors (Lipinski definition) is 6. The van der Waals surface area contributed by atoms with Crippen LogP contribution in [0, 0.1) is 16.7 Å². The van der Waals surface area contributed by atoms with Crippen LogP contribution in [0.25, 0.3) is 0 Å². The van der Waals surface area contributed by atoms with E-state index in [-0.39, 0.29) is 0 Å². The van der Waals surface area contributed by atoms with Crippen LogP contribution in [0.2, 0.25) is 0 Å². The summed E-state index contributed by atoms with van der Waals surface area (Å²) in [6.07, 6.45) is 2.63. The Hall–Kier alpha value is -2.08. The van der Waals surface area contributed by atoms with E-state index in [2.05, 4.69) is 16.0 Å². The SMILES string of the molecule is COc1cnc(CN2CC[C@@](CCc3ccc(C#N)cc3)([C@H]3OCC3(F)F)C2)s1. The lowest BCUT2D eigenvalue weighted by atomic mass is 9.72. The van der Waals surface area contributed by atoms with Crippen molar-refractivity contribution >= 4 is 11.3 Å². The van der Waals surface area contributed by atoms with E-state index in [0.29, 0.717) is 37.9 Å². The molecule has 2 aliphatic rings. The van der Waals surface area contributed by atoms with Gasteiger partial charge in [-0.3, -0.25) is 4.90 Å². The van der Waals surface area contributed by atoms with E-state index in [4.69, 9.17) is 14.7 Å². The highest BCUT2D eigenvalue weighted by Crippen LogP contribution is 2.50. The molecule has 29 heavy (non-hydrogen) atoms. The summed E-state index contributed by atoms with van der Waals surface area (Å²) in [5.74, 6) is -2.77. The molecule has 2 fully saturated rings. The molecule has 0 N–H and O–H groups in total. The minimum absolute atomic E-state index is 0.486. The Morgan fingerprint density at radius 3 is 2.76 bits per heavy atom. The van der Waals surface area contributed by atoms with Gasteiger partial charge in [0.1, 0.15) is 17.7 Å². The molecular formula is C21H23F2N3O2S. The number of aryl methyl sites for hydroxylation is 1. The maximum Gasteiger partial charge on any atom is 0.297 e. The summed E-state index contributed by atoms with van der Waals surface area (Å²) in [6, 6.07) is 9.45. The lowest BCUT2D eigenvalue weighted by Gasteiger charge is -2.48. The smallest absolute Gasteiger partial charge is 0.297 e. The third kappa shape index (κ3) is 4.13. The largest absolute Gasteiger partial charge is 0.486 e. The molecule has 4 rings (SSSR count). The fourth-order valence-electron chi connectivity index (χ4n) is 4.38. The molecule has 2 atom stereocenters. The van der Waals surface area contributed by atoms with Gasteiger partial charge in [0.05, 0.1) is 31.5 Å². The summed E-state index contributed by atoms with van der Waals surface area (Å²) >= 11 is 1.48. The Morgan fingerprint density at radius 1 is 1.38 bits per heavy atom. The number of methoxy groups -OCH3 is 1. The molecular weight excluding hydrogens is 396 g/mol. The van der Waals surface area contributed by atoms with Crippen LogP contribution in [-0.4, -0.2) is 48.7 Å². The zero-order chi connectivity index (χ0) is 20.5. The van der Waals surface area contributed by atoms with Crippen LogP contribution in [0.4, 0.5) is 8.78 Å². The predicted octanol–water partition coefficient (Wildman–Crippen LogP) is 3.88. The minimum atomic E-state index is -2.77. The van der Waals surface area contributed by atoms with Gasteiger partial charge >= 0.3 is 0 Å². The number of benzene rings is 1. The fourth-order valence-corrected chi connectivity index (χ4v) is 5.15. The second-order valence-corrected chi connectivity index (χ2v) is 8.94. The number of nitrogens with zero attached hydrogens (tertiary/aromatic N) is 3. The summed E-state index contributed by atoms with van der Waals surface area (Å²) in [6.45, 7) is 1.45. The molecule has 0 bridgehead atoms. The first kappa shape index (κ1) is 20.2. The van der Waals surface area contributed by atoms with Crippen molar-refractivity contribution in [3.63, 3.8) is 0 Å². The molecule has 2 aromatic rings. The Labute approximate surface area is 172 Å². The van der Waals surface area contributed by atoms with Crippen molar-refractivity contribution in [2.75, 3.05) is 26.8 Å². The molecule has 8 heteroatoms. The zero-order valence-corrected chi connectivity index (χ0v) is 17.1. The van der Waals surface area contributed by atoms with Gasteiger partial charge in [0.25, 0.3) is 5.92 Å². The van der Waals surface area contributed by atoms with E-state index in [9.17, 15) is 8.78 Å². The van der Waals surface area contributed by atoms with Crippen LogP contribution in [0.1, 0.15) is 29.0 Å². The van der Waals surface area contributed by atoms with Crippen molar-refractivity contribution in [3.8, 4) is 11.1 Å². The molecule has 154 valence electrons. The van der Waals surface area contributed by atoms with Crippen LogP contribution in [-0.2, 0) is 17.7 Å². The van der Waals surface area contributed by atoms with Crippen LogP contribution >= 0.6 is 11.3 Å². The minimum Gasteiger partial charge on any atom is -0.486 e. The lowest BCUT2D eigenvalue weighted by molar-refractivity contribution is -0.301. The quantitative estimate of drug-likeness (QED) is 0.682. The number of likely N-dealkylation sites (tertiary alicyclic amines) is 1. The summed E-state index contributed by atoms with van der Waals surface area (Å²) in [4.78, 5) is 6.55. The number of hydrogen-bond donors (Lipinski definition) is 0. The summed E-state index contributed by atoms with van der Waals surface area (Å²) in [5.41, 5.74) is 1.06. The Kier molecular flexibility index (Phi) is 5.56. The average molecular weight is 419 g/mol. The topological polar surface area (TPSA) is 58.4 Å². The van der Waals surface area contributed by atoms with E-state index >= 15 is 0 Å². The van der Waals surface area contributed by atoms with Crippen molar-refractivity contribution < 1.29 is 18.3 Å². The highest BCUT2D eigenvalue weighted by molar-refractivity contribution is 7.13. The van der Waals surface area contributed by atoms with Gasteiger partial charge in [0.15, 0.2) is 5.06 Å². The highest BCUT2D eigenvalue weighted by atomic mass is 32.1. The summed E-state index contributed by atoms with van der Waals surface area (Å²) in [7, 11) is 1.61. The van der Waals surface area contributed by atoms with E-state index in [1.54, 1.807) is 25.4 Å². The number of alkyl halides is 2. The van der Waals surface area contributed by atoms with Crippen molar-refractivity contribution in [2.24, 2.45) is 5.41 Å². The maximum atomic E-state index is 14.3. The van der Waals surface area contributed by atoms with Crippen LogP contribution in [0.5, 0.6) is 5.06 Å². The zero-order valence-electron chi connectivity index (χ0n) is 16.2. The van der Waals surface area contributed by atoms with Crippen LogP contribution in [0.3, 0.4) is 0 Å². The molecule has 2 aliphatic heterocycles. The van der Waals surface area contributed by atoms with Gasteiger partial charge in [-0.15, -0.1) is 0 Å². The number of thiazole rings is 1. The Morgan fingerprint density at radius 2 is 2.17 bits per heavy atom. The van der Waals surface area contributed by atoms with Gasteiger partial charge in [-0.1, -0.05) is 23.5 Å². The fraction of sp³-hybridized carbons (Fsp3) is 0.524. The molecule has 3 heterocycles. The van der Waals surface area contributed by atoms with Gasteiger partial charge < -0.3 is 9.47 Å². The van der Waals surface area contributed by atoms with Crippen LogP contribution < -0.4 is 4.74 Å². The van der Waals surface area contributed by atoms with Gasteiger partial charge in [-0.05, 0) is 43.5 Å². The van der Waals surface area contributed by atoms with E-state index in [1.165, 1.54) is 11.3 Å². The molecule has 0 aliphatic carbocycles. The number of halogens is 2. The predicted molar refractivity (Wildman–Crippen MR) is 105 cm³/mol. The molecule has 2 saturated heterocycles. The maximum absolute atomic E-state index is 14.3. The summed E-state index contributed by atoms with van der Waals surface area (Å²) < 4.78 is 39.3. The standard InChI is InChI=1S/C21H23F2N3O2S/c1-27-18-11-25-17(29-18)12-26-9-8-20(13-26,19-21(22,23)14-28-19)7-6-15-2-4-16(10-24)5-3-15/h2-5,11,19H,6-9,12-14H2,1H3/t19-,20-/m1/s1. The number of aromatic nitrogens is 1. The molecule has 0 saturated carbocycles. The summed E-state index contributed by atoms with van der Waals surface area (Å²) in [5, 5.41) is 10.6. The first-order valence-corrected chi connectivity index (χ1v) is 10.5. The van der Waals surface area contributed by atoms with E-state index in [0.717, 1.165) is 22.2 Å². The molecule has 0 amide bonds. The normalized spacial score (nSPS) is 26.1. The van der Waals surface area contributed by atoms with E-state index in [1.807, 2.05) is 12.1 Å². The van der Waals surface area contributed by atoms with Crippen molar-refractivity contribution in [1.29, 1.82) is 5.26 Å². The van der Waals surface area contributed by atoms with Crippen molar-refractivity contribution in [2.45, 2.75) is 37.8 Å². The molecule has 0 spiro atoms. The molecule has 0 unspecified atom stereocenters. The van der Waals surface area contributed by atoms with Gasteiger partial charge in [0, 0.05) is 12.0 Å². The Balaban J connectivity index is 1.47. The second kappa shape index (κ2) is 7.98. The van der Waals surface area contributed by atoms with Gasteiger partial charge in [-0.2, -0.15) is 5.26 Å². The molecule has 0 radical (unpaired) electrons. The molecule has 1 aromatic carbocycles. The molecule has 1 aromatic heterocycles. The highest BCUT2D eigenvalue weighted by Gasteiger charge is 2.61. The van der Waals surface area contributed by atoms with Crippen molar-refractivity contribution in [1.82, 2.24) is 9.88 Å². The second-order valence-electron chi connectivity index (χ2n) is 7.86. The van der Waals surface area contributed by atoms with Gasteiger partial charge in [0.2, 0.25) is 0 Å². The first-order chi connectivity index (χ1) is 13.9. The number of ether oxygens (including phenoxy) is 2. The van der Waals surface area contributed by atoms with Gasteiger partial charge in [-0.25, -0.2) is 13.8 Å². The Bertz CT molecular complexity index is 896. The van der Waals surface area contributed by atoms with Crippen LogP contribution in [0.15, 0.2) is 30.5 Å². The average Bonchev–Trinajstić information content (AvgIpc) is 3.34. The lowest BCUT2D eigenvalue weighted by Crippen LogP contribution is -2.61.